The van der Waals surface area contributed by atoms with Crippen LogP contribution in [0.2, 0.25) is 0 Å². The van der Waals surface area contributed by atoms with Gasteiger partial charge in [-0.25, -0.2) is 0 Å². The summed E-state index contributed by atoms with van der Waals surface area (Å²) in [5.74, 6) is 0. The Bertz CT molecular complexity index is 176. The van der Waals surface area contributed by atoms with Gasteiger partial charge in [0, 0.05) is 0 Å². The Morgan fingerprint density at radius 1 is 1.40 bits per heavy atom. The highest BCUT2D eigenvalue weighted by Crippen LogP contribution is 2.29. The van der Waals surface area contributed by atoms with Crippen molar-refractivity contribution in [2.24, 2.45) is 10.2 Å². The minimum absolute atomic E-state index is 0.0457. The first-order valence-electron chi connectivity index (χ1n) is 3.85. The van der Waals surface area contributed by atoms with Gasteiger partial charge in [0.1, 0.15) is 5.54 Å². The predicted octanol–water partition coefficient (Wildman–Crippen LogP) is 2.91. The van der Waals surface area contributed by atoms with E-state index in [0.29, 0.717) is 0 Å². The number of allylic oxidation sites excluding steroid dienone is 1. The van der Waals surface area contributed by atoms with Crippen LogP contribution in [0.3, 0.4) is 0 Å². The third-order valence-electron chi connectivity index (χ3n) is 2.11. The highest BCUT2D eigenvalue weighted by molar-refractivity contribution is 5.15. The van der Waals surface area contributed by atoms with Gasteiger partial charge < -0.3 is 0 Å². The molecule has 0 amide bonds. The SMILES string of the molecule is CCC1(CC)C=C(C)N=N1. The summed E-state index contributed by atoms with van der Waals surface area (Å²) in [5.41, 5.74) is 1.10. The third kappa shape index (κ3) is 1.11. The van der Waals surface area contributed by atoms with Gasteiger partial charge in [0.25, 0.3) is 0 Å². The average Bonchev–Trinajstić information content (AvgIpc) is 2.33. The van der Waals surface area contributed by atoms with E-state index in [-0.39, 0.29) is 5.54 Å². The minimum atomic E-state index is 0.0457. The summed E-state index contributed by atoms with van der Waals surface area (Å²) in [6, 6.07) is 0. The van der Waals surface area contributed by atoms with Crippen LogP contribution in [0.5, 0.6) is 0 Å². The number of hydrogen-bond donors (Lipinski definition) is 0. The Labute approximate surface area is 62.0 Å². The number of hydrogen-bond acceptors (Lipinski definition) is 2. The molecule has 0 unspecified atom stereocenters. The second kappa shape index (κ2) is 2.52. The molecule has 0 bridgehead atoms. The molecule has 1 aliphatic heterocycles. The van der Waals surface area contributed by atoms with Crippen LogP contribution in [0.1, 0.15) is 33.6 Å². The van der Waals surface area contributed by atoms with Gasteiger partial charge in [0.2, 0.25) is 0 Å². The second-order valence-electron chi connectivity index (χ2n) is 2.80. The number of azo groups is 1. The maximum Gasteiger partial charge on any atom is 0.102 e. The van der Waals surface area contributed by atoms with Crippen molar-refractivity contribution in [1.29, 1.82) is 0 Å². The van der Waals surface area contributed by atoms with Crippen molar-refractivity contribution in [2.45, 2.75) is 39.2 Å². The lowest BCUT2D eigenvalue weighted by Crippen LogP contribution is -2.18. The van der Waals surface area contributed by atoms with Crippen LogP contribution in [0, 0.1) is 0 Å². The second-order valence-corrected chi connectivity index (χ2v) is 2.80. The van der Waals surface area contributed by atoms with Crippen LogP contribution in [-0.4, -0.2) is 5.54 Å². The zero-order valence-electron chi connectivity index (χ0n) is 6.89. The fourth-order valence-electron chi connectivity index (χ4n) is 1.22. The van der Waals surface area contributed by atoms with Gasteiger partial charge in [0.15, 0.2) is 0 Å². The molecular weight excluding hydrogens is 124 g/mol. The van der Waals surface area contributed by atoms with Crippen LogP contribution in [0.4, 0.5) is 0 Å². The molecule has 0 saturated heterocycles. The Morgan fingerprint density at radius 3 is 2.20 bits per heavy atom. The van der Waals surface area contributed by atoms with Crippen molar-refractivity contribution < 1.29 is 0 Å². The van der Waals surface area contributed by atoms with Gasteiger partial charge in [0.05, 0.1) is 5.70 Å². The van der Waals surface area contributed by atoms with Crippen molar-refractivity contribution in [1.82, 2.24) is 0 Å². The van der Waals surface area contributed by atoms with E-state index in [9.17, 15) is 0 Å². The maximum atomic E-state index is 4.22. The molecule has 10 heavy (non-hydrogen) atoms. The molecule has 1 heterocycles. The average molecular weight is 138 g/mol. The Kier molecular flexibility index (Phi) is 1.88. The molecule has 56 valence electrons. The molecule has 2 heteroatoms. The van der Waals surface area contributed by atoms with E-state index in [2.05, 4.69) is 30.2 Å². The van der Waals surface area contributed by atoms with E-state index in [1.807, 2.05) is 6.92 Å². The molecule has 2 nitrogen and oxygen atoms in total. The van der Waals surface area contributed by atoms with Crippen LogP contribution < -0.4 is 0 Å². The van der Waals surface area contributed by atoms with E-state index in [1.54, 1.807) is 0 Å². The molecule has 0 aliphatic carbocycles. The van der Waals surface area contributed by atoms with Gasteiger partial charge in [-0.05, 0) is 25.8 Å². The van der Waals surface area contributed by atoms with E-state index in [4.69, 9.17) is 0 Å². The highest BCUT2D eigenvalue weighted by atomic mass is 15.2. The summed E-state index contributed by atoms with van der Waals surface area (Å²) in [7, 11) is 0. The molecule has 0 aromatic carbocycles. The lowest BCUT2D eigenvalue weighted by molar-refractivity contribution is 0.490. The first kappa shape index (κ1) is 7.45. The van der Waals surface area contributed by atoms with Crippen molar-refractivity contribution in [2.75, 3.05) is 0 Å². The minimum Gasteiger partial charge on any atom is -0.178 e. The van der Waals surface area contributed by atoms with Crippen molar-refractivity contribution >= 4 is 0 Å². The molecule has 0 atom stereocenters. The van der Waals surface area contributed by atoms with E-state index in [0.717, 1.165) is 18.5 Å². The van der Waals surface area contributed by atoms with Gasteiger partial charge in [-0.1, -0.05) is 13.8 Å². The first-order chi connectivity index (χ1) is 4.72. The summed E-state index contributed by atoms with van der Waals surface area (Å²) in [6.07, 6.45) is 4.28. The van der Waals surface area contributed by atoms with Crippen molar-refractivity contribution in [3.05, 3.63) is 11.8 Å². The van der Waals surface area contributed by atoms with Crippen LogP contribution in [0.25, 0.3) is 0 Å². The molecule has 0 aromatic heterocycles. The summed E-state index contributed by atoms with van der Waals surface area (Å²) < 4.78 is 0. The molecule has 0 N–H and O–H groups in total. The fraction of sp³-hybridized carbons (Fsp3) is 0.750. The Balaban J connectivity index is 2.80. The quantitative estimate of drug-likeness (QED) is 0.560. The largest absolute Gasteiger partial charge is 0.178 e. The molecule has 1 aliphatic rings. The summed E-state index contributed by atoms with van der Waals surface area (Å²) in [6.45, 7) is 6.30. The molecule has 0 fully saturated rings. The maximum absolute atomic E-state index is 4.22. The van der Waals surface area contributed by atoms with E-state index >= 15 is 0 Å². The van der Waals surface area contributed by atoms with Gasteiger partial charge in [-0.3, -0.25) is 0 Å². The first-order valence-corrected chi connectivity index (χ1v) is 3.85. The molecule has 0 saturated carbocycles. The summed E-state index contributed by atoms with van der Waals surface area (Å²) in [4.78, 5) is 0. The summed E-state index contributed by atoms with van der Waals surface area (Å²) in [5, 5.41) is 8.24. The lowest BCUT2D eigenvalue weighted by atomic mass is 9.94. The normalized spacial score (nSPS) is 21.3. The number of rotatable bonds is 2. The van der Waals surface area contributed by atoms with Gasteiger partial charge in [-0.15, -0.1) is 0 Å². The molecule has 0 spiro atoms. The third-order valence-corrected chi connectivity index (χ3v) is 2.11. The fourth-order valence-corrected chi connectivity index (χ4v) is 1.22. The van der Waals surface area contributed by atoms with Crippen molar-refractivity contribution in [3.63, 3.8) is 0 Å². The van der Waals surface area contributed by atoms with Crippen LogP contribution in [-0.2, 0) is 0 Å². The van der Waals surface area contributed by atoms with Crippen LogP contribution >= 0.6 is 0 Å². The molecule has 0 aromatic rings. The smallest absolute Gasteiger partial charge is 0.102 e. The highest BCUT2D eigenvalue weighted by Gasteiger charge is 2.26. The monoisotopic (exact) mass is 138 g/mol. The molecule has 0 radical (unpaired) electrons. The van der Waals surface area contributed by atoms with Gasteiger partial charge >= 0.3 is 0 Å². The zero-order valence-corrected chi connectivity index (χ0v) is 6.89. The van der Waals surface area contributed by atoms with Crippen LogP contribution in [0.15, 0.2) is 22.0 Å². The Morgan fingerprint density at radius 2 is 2.00 bits per heavy atom. The van der Waals surface area contributed by atoms with E-state index < -0.39 is 0 Å². The molecular formula is C8H14N2. The topological polar surface area (TPSA) is 24.7 Å². The molecule has 1 rings (SSSR count). The van der Waals surface area contributed by atoms with Gasteiger partial charge in [-0.2, -0.15) is 10.2 Å². The predicted molar refractivity (Wildman–Crippen MR) is 41.9 cm³/mol. The lowest BCUT2D eigenvalue weighted by Gasteiger charge is -2.16. The van der Waals surface area contributed by atoms with E-state index in [1.165, 1.54) is 0 Å². The number of nitrogens with zero attached hydrogens (tertiary/aromatic N) is 2. The summed E-state index contributed by atoms with van der Waals surface area (Å²) >= 11 is 0. The Hall–Kier alpha value is -0.660. The standard InChI is InChI=1S/C8H14N2/c1-4-8(5-2)6-7(3)9-10-8/h6H,4-5H2,1-3H3. The van der Waals surface area contributed by atoms with Crippen molar-refractivity contribution in [3.8, 4) is 0 Å². The zero-order chi connectivity index (χ0) is 7.61.